The molecule has 1 heterocycles. The number of methoxy groups -OCH3 is 1. The van der Waals surface area contributed by atoms with Crippen LogP contribution in [0.4, 0.5) is 0 Å². The highest BCUT2D eigenvalue weighted by Gasteiger charge is 2.20. The van der Waals surface area contributed by atoms with Gasteiger partial charge >= 0.3 is 0 Å². The number of piperidine rings is 1. The van der Waals surface area contributed by atoms with Crippen LogP contribution < -0.4 is 10.1 Å². The molecule has 2 aromatic carbocycles. The van der Waals surface area contributed by atoms with Crippen molar-refractivity contribution in [1.82, 2.24) is 10.2 Å². The van der Waals surface area contributed by atoms with Crippen LogP contribution in [0.1, 0.15) is 18.4 Å². The summed E-state index contributed by atoms with van der Waals surface area (Å²) in [5.41, 5.74) is 1.33. The van der Waals surface area contributed by atoms with E-state index in [2.05, 4.69) is 46.6 Å². The molecule has 3 nitrogen and oxygen atoms in total. The second-order valence-corrected chi connectivity index (χ2v) is 6.24. The summed E-state index contributed by atoms with van der Waals surface area (Å²) in [4.78, 5) is 2.57. The number of fused-ring (bicyclic) bond motifs is 1. The highest BCUT2D eigenvalue weighted by Crippen LogP contribution is 2.30. The maximum absolute atomic E-state index is 5.62. The number of halogens is 1. The standard InChI is InChI=1S/C19H26N2O.ClH/c1-20-13-15-9-11-21(12-10-15)14-18-17-6-4-3-5-16(17)7-8-19(18)22-2;/h3-8,15,20H,9-14H2,1-2H3;1H. The summed E-state index contributed by atoms with van der Waals surface area (Å²) in [6, 6.07) is 12.9. The van der Waals surface area contributed by atoms with E-state index in [1.54, 1.807) is 7.11 Å². The summed E-state index contributed by atoms with van der Waals surface area (Å²) in [6.45, 7) is 4.49. The number of hydrogen-bond donors (Lipinski definition) is 1. The van der Waals surface area contributed by atoms with Gasteiger partial charge in [0.25, 0.3) is 0 Å². The normalized spacial score (nSPS) is 16.3. The second kappa shape index (κ2) is 8.53. The third kappa shape index (κ3) is 4.17. The van der Waals surface area contributed by atoms with Gasteiger partial charge in [-0.05, 0) is 62.3 Å². The third-order valence-corrected chi connectivity index (χ3v) is 4.80. The maximum atomic E-state index is 5.62. The van der Waals surface area contributed by atoms with Crippen LogP contribution in [-0.4, -0.2) is 38.7 Å². The topological polar surface area (TPSA) is 24.5 Å². The Morgan fingerprint density at radius 2 is 1.87 bits per heavy atom. The quantitative estimate of drug-likeness (QED) is 0.902. The Bertz CT molecular complexity index is 624. The van der Waals surface area contributed by atoms with Gasteiger partial charge in [0.15, 0.2) is 0 Å². The number of rotatable bonds is 5. The Hall–Kier alpha value is -1.29. The number of likely N-dealkylation sites (tertiary alicyclic amines) is 1. The molecule has 3 rings (SSSR count). The van der Waals surface area contributed by atoms with Crippen LogP contribution in [0.2, 0.25) is 0 Å². The SMILES string of the molecule is CNCC1CCN(Cc2c(OC)ccc3ccccc23)CC1.Cl. The lowest BCUT2D eigenvalue weighted by Crippen LogP contribution is -2.36. The van der Waals surface area contributed by atoms with Crippen molar-refractivity contribution in [2.75, 3.05) is 33.8 Å². The Morgan fingerprint density at radius 1 is 1.13 bits per heavy atom. The van der Waals surface area contributed by atoms with Gasteiger partial charge in [0.1, 0.15) is 5.75 Å². The first kappa shape index (κ1) is 18.1. The molecule has 0 aromatic heterocycles. The molecule has 0 bridgehead atoms. The summed E-state index contributed by atoms with van der Waals surface area (Å²) < 4.78 is 5.62. The molecule has 0 saturated carbocycles. The van der Waals surface area contributed by atoms with Gasteiger partial charge in [-0.3, -0.25) is 4.90 Å². The summed E-state index contributed by atoms with van der Waals surface area (Å²) in [7, 11) is 3.82. The molecule has 2 aromatic rings. The number of nitrogens with one attached hydrogen (secondary N) is 1. The van der Waals surface area contributed by atoms with Crippen molar-refractivity contribution in [3.63, 3.8) is 0 Å². The summed E-state index contributed by atoms with van der Waals surface area (Å²) in [5, 5.41) is 5.92. The molecule has 23 heavy (non-hydrogen) atoms. The summed E-state index contributed by atoms with van der Waals surface area (Å²) in [5.74, 6) is 1.84. The number of hydrogen-bond acceptors (Lipinski definition) is 3. The van der Waals surface area contributed by atoms with Crippen molar-refractivity contribution in [3.05, 3.63) is 42.0 Å². The molecular weight excluding hydrogens is 308 g/mol. The van der Waals surface area contributed by atoms with Gasteiger partial charge in [0.2, 0.25) is 0 Å². The van der Waals surface area contributed by atoms with Crippen molar-refractivity contribution in [3.8, 4) is 5.75 Å². The largest absolute Gasteiger partial charge is 0.496 e. The lowest BCUT2D eigenvalue weighted by atomic mass is 9.95. The predicted molar refractivity (Wildman–Crippen MR) is 99.7 cm³/mol. The molecule has 0 amide bonds. The van der Waals surface area contributed by atoms with E-state index in [4.69, 9.17) is 4.74 Å². The molecule has 1 fully saturated rings. The minimum atomic E-state index is 0. The molecule has 0 unspecified atom stereocenters. The van der Waals surface area contributed by atoms with E-state index in [1.807, 2.05) is 7.05 Å². The highest BCUT2D eigenvalue weighted by molar-refractivity contribution is 5.87. The van der Waals surface area contributed by atoms with Crippen LogP contribution in [0.5, 0.6) is 5.75 Å². The van der Waals surface area contributed by atoms with Crippen LogP contribution in [0, 0.1) is 5.92 Å². The van der Waals surface area contributed by atoms with Gasteiger partial charge in [0.05, 0.1) is 7.11 Å². The molecule has 0 aliphatic carbocycles. The van der Waals surface area contributed by atoms with Crippen molar-refractivity contribution >= 4 is 23.2 Å². The summed E-state index contributed by atoms with van der Waals surface area (Å²) in [6.07, 6.45) is 2.57. The molecule has 4 heteroatoms. The van der Waals surface area contributed by atoms with E-state index in [0.717, 1.165) is 24.8 Å². The fourth-order valence-corrected chi connectivity index (χ4v) is 3.53. The van der Waals surface area contributed by atoms with Gasteiger partial charge in [-0.25, -0.2) is 0 Å². The Labute approximate surface area is 145 Å². The van der Waals surface area contributed by atoms with E-state index in [-0.39, 0.29) is 12.4 Å². The van der Waals surface area contributed by atoms with Crippen LogP contribution in [0.3, 0.4) is 0 Å². The van der Waals surface area contributed by atoms with Crippen molar-refractivity contribution < 1.29 is 4.74 Å². The van der Waals surface area contributed by atoms with Crippen LogP contribution in [-0.2, 0) is 6.54 Å². The van der Waals surface area contributed by atoms with Crippen LogP contribution in [0.25, 0.3) is 10.8 Å². The Kier molecular flexibility index (Phi) is 6.70. The minimum absolute atomic E-state index is 0. The van der Waals surface area contributed by atoms with Crippen LogP contribution >= 0.6 is 12.4 Å². The van der Waals surface area contributed by atoms with E-state index in [9.17, 15) is 0 Å². The van der Waals surface area contributed by atoms with Crippen molar-refractivity contribution in [2.45, 2.75) is 19.4 Å². The molecule has 1 saturated heterocycles. The first-order valence-electron chi connectivity index (χ1n) is 8.23. The monoisotopic (exact) mass is 334 g/mol. The fourth-order valence-electron chi connectivity index (χ4n) is 3.53. The molecule has 0 radical (unpaired) electrons. The number of benzene rings is 2. The second-order valence-electron chi connectivity index (χ2n) is 6.24. The van der Waals surface area contributed by atoms with Crippen molar-refractivity contribution in [1.29, 1.82) is 0 Å². The fraction of sp³-hybridized carbons (Fsp3) is 0.474. The van der Waals surface area contributed by atoms with Crippen LogP contribution in [0.15, 0.2) is 36.4 Å². The lowest BCUT2D eigenvalue weighted by Gasteiger charge is -2.32. The van der Waals surface area contributed by atoms with E-state index >= 15 is 0 Å². The highest BCUT2D eigenvalue weighted by atomic mass is 35.5. The average Bonchev–Trinajstić information content (AvgIpc) is 2.57. The molecule has 0 atom stereocenters. The first-order chi connectivity index (χ1) is 10.8. The third-order valence-electron chi connectivity index (χ3n) is 4.80. The molecule has 1 N–H and O–H groups in total. The van der Waals surface area contributed by atoms with Gasteiger partial charge in [-0.15, -0.1) is 12.4 Å². The zero-order valence-corrected chi connectivity index (χ0v) is 14.9. The molecule has 0 spiro atoms. The van der Waals surface area contributed by atoms with E-state index < -0.39 is 0 Å². The molecular formula is C19H27ClN2O. The Morgan fingerprint density at radius 3 is 2.57 bits per heavy atom. The van der Waals surface area contributed by atoms with Gasteiger partial charge in [-0.2, -0.15) is 0 Å². The first-order valence-corrected chi connectivity index (χ1v) is 8.23. The number of ether oxygens (including phenoxy) is 1. The predicted octanol–water partition coefficient (Wildman–Crippen LogP) is 3.70. The number of nitrogens with zero attached hydrogens (tertiary/aromatic N) is 1. The zero-order chi connectivity index (χ0) is 15.4. The minimum Gasteiger partial charge on any atom is -0.496 e. The van der Waals surface area contributed by atoms with E-state index in [0.29, 0.717) is 0 Å². The summed E-state index contributed by atoms with van der Waals surface area (Å²) >= 11 is 0. The van der Waals surface area contributed by atoms with Crippen molar-refractivity contribution in [2.24, 2.45) is 5.92 Å². The Balaban J connectivity index is 0.00000192. The zero-order valence-electron chi connectivity index (χ0n) is 14.0. The molecule has 126 valence electrons. The smallest absolute Gasteiger partial charge is 0.123 e. The average molecular weight is 335 g/mol. The van der Waals surface area contributed by atoms with E-state index in [1.165, 1.54) is 42.3 Å². The molecule has 1 aliphatic rings. The van der Waals surface area contributed by atoms with Gasteiger partial charge in [-0.1, -0.05) is 30.3 Å². The lowest BCUT2D eigenvalue weighted by molar-refractivity contribution is 0.176. The maximum Gasteiger partial charge on any atom is 0.123 e. The van der Waals surface area contributed by atoms with Gasteiger partial charge < -0.3 is 10.1 Å². The molecule has 1 aliphatic heterocycles. The van der Waals surface area contributed by atoms with Gasteiger partial charge in [0, 0.05) is 12.1 Å².